The maximum atomic E-state index is 12.7. The van der Waals surface area contributed by atoms with E-state index < -0.39 is 21.9 Å². The van der Waals surface area contributed by atoms with Crippen LogP contribution in [0, 0.1) is 6.92 Å². The Morgan fingerprint density at radius 2 is 2.04 bits per heavy atom. The highest BCUT2D eigenvalue weighted by molar-refractivity contribution is 7.93. The predicted octanol–water partition coefficient (Wildman–Crippen LogP) is 1.71. The van der Waals surface area contributed by atoms with Crippen LogP contribution in [0.25, 0.3) is 0 Å². The molecule has 0 aliphatic rings. The summed E-state index contributed by atoms with van der Waals surface area (Å²) in [5.41, 5.74) is 0.345. The van der Waals surface area contributed by atoms with E-state index in [2.05, 4.69) is 15.0 Å². The van der Waals surface area contributed by atoms with Gasteiger partial charge in [0.2, 0.25) is 0 Å². The van der Waals surface area contributed by atoms with E-state index in [9.17, 15) is 18.0 Å². The van der Waals surface area contributed by atoms with E-state index in [-0.39, 0.29) is 31.9 Å². The summed E-state index contributed by atoms with van der Waals surface area (Å²) in [6, 6.07) is 4.00. The average molecular weight is 399 g/mol. The third-order valence-electron chi connectivity index (χ3n) is 3.27. The van der Waals surface area contributed by atoms with Crippen LogP contribution < -0.4 is 14.8 Å². The number of benzene rings is 1. The van der Waals surface area contributed by atoms with Gasteiger partial charge in [-0.3, -0.25) is 9.52 Å². The Morgan fingerprint density at radius 3 is 2.58 bits per heavy atom. The predicted molar refractivity (Wildman–Crippen MR) is 95.6 cm³/mol. The zero-order valence-electron chi connectivity index (χ0n) is 14.2. The van der Waals surface area contributed by atoms with E-state index in [1.54, 1.807) is 6.92 Å². The Bertz CT molecular complexity index is 952. The van der Waals surface area contributed by atoms with Crippen molar-refractivity contribution in [1.82, 2.24) is 10.3 Å². The molecule has 0 aliphatic heterocycles. The Labute approximate surface area is 154 Å². The van der Waals surface area contributed by atoms with Gasteiger partial charge in [-0.1, -0.05) is 11.3 Å². The molecule has 0 saturated heterocycles. The second kappa shape index (κ2) is 7.70. The maximum absolute atomic E-state index is 12.7. The number of amides is 1. The molecule has 0 atom stereocenters. The van der Waals surface area contributed by atoms with Gasteiger partial charge in [0, 0.05) is 12.1 Å². The van der Waals surface area contributed by atoms with Gasteiger partial charge in [-0.2, -0.15) is 0 Å². The third-order valence-corrected chi connectivity index (χ3v) is 5.82. The highest BCUT2D eigenvalue weighted by atomic mass is 32.2. The summed E-state index contributed by atoms with van der Waals surface area (Å²) in [5, 5.41) is 11.5. The summed E-state index contributed by atoms with van der Waals surface area (Å²) in [5.74, 6) is -1.58. The number of carbonyl (C=O) groups excluding carboxylic acids is 1. The largest absolute Gasteiger partial charge is 0.495 e. The van der Waals surface area contributed by atoms with Crippen LogP contribution in [-0.2, 0) is 10.0 Å². The van der Waals surface area contributed by atoms with Crippen LogP contribution in [0.15, 0.2) is 23.1 Å². The lowest BCUT2D eigenvalue weighted by molar-refractivity contribution is 0.0700. The van der Waals surface area contributed by atoms with E-state index in [1.807, 2.05) is 0 Å². The first-order valence-corrected chi connectivity index (χ1v) is 9.69. The number of carboxylic acid groups (broad SMARTS) is 1. The van der Waals surface area contributed by atoms with Gasteiger partial charge in [0.1, 0.15) is 15.5 Å². The zero-order chi connectivity index (χ0) is 19.5. The molecule has 0 fully saturated rings. The summed E-state index contributed by atoms with van der Waals surface area (Å²) in [6.45, 7) is 3.60. The fourth-order valence-corrected chi connectivity index (χ4v) is 4.34. The number of carbonyl (C=O) groups is 2. The van der Waals surface area contributed by atoms with E-state index in [0.29, 0.717) is 17.9 Å². The first kappa shape index (κ1) is 19.7. The van der Waals surface area contributed by atoms with Crippen molar-refractivity contribution in [1.29, 1.82) is 0 Å². The number of methoxy groups -OCH3 is 1. The van der Waals surface area contributed by atoms with Gasteiger partial charge >= 0.3 is 5.97 Å². The Hall–Kier alpha value is -2.66. The summed E-state index contributed by atoms with van der Waals surface area (Å²) in [7, 11) is -2.85. The second-order valence-corrected chi connectivity index (χ2v) is 7.72. The van der Waals surface area contributed by atoms with E-state index in [4.69, 9.17) is 9.84 Å². The highest BCUT2D eigenvalue weighted by Crippen LogP contribution is 2.29. The molecule has 0 spiro atoms. The lowest BCUT2D eigenvalue weighted by atomic mass is 10.2. The molecule has 1 heterocycles. The molecule has 11 heteroatoms. The van der Waals surface area contributed by atoms with Gasteiger partial charge in [0.15, 0.2) is 5.13 Å². The van der Waals surface area contributed by atoms with Crippen LogP contribution in [0.3, 0.4) is 0 Å². The molecule has 26 heavy (non-hydrogen) atoms. The van der Waals surface area contributed by atoms with E-state index >= 15 is 0 Å². The molecular weight excluding hydrogens is 382 g/mol. The number of rotatable bonds is 7. The third kappa shape index (κ3) is 4.11. The Balaban J connectivity index is 2.44. The number of carboxylic acids is 1. The lowest BCUT2D eigenvalue weighted by Crippen LogP contribution is -2.23. The molecule has 9 nitrogen and oxygen atoms in total. The molecule has 0 unspecified atom stereocenters. The number of nitrogens with zero attached hydrogens (tertiary/aromatic N) is 1. The summed E-state index contributed by atoms with van der Waals surface area (Å²) < 4.78 is 32.7. The van der Waals surface area contributed by atoms with Crippen molar-refractivity contribution in [2.45, 2.75) is 18.7 Å². The molecule has 0 aliphatic carbocycles. The molecule has 0 radical (unpaired) electrons. The van der Waals surface area contributed by atoms with Gasteiger partial charge in [-0.25, -0.2) is 18.2 Å². The van der Waals surface area contributed by atoms with Gasteiger partial charge in [-0.05, 0) is 32.0 Å². The fraction of sp³-hybridized carbons (Fsp3) is 0.267. The highest BCUT2D eigenvalue weighted by Gasteiger charge is 2.24. The van der Waals surface area contributed by atoms with Crippen molar-refractivity contribution in [2.75, 3.05) is 18.4 Å². The number of hydrogen-bond donors (Lipinski definition) is 3. The minimum atomic E-state index is -4.16. The van der Waals surface area contributed by atoms with Crippen molar-refractivity contribution in [2.24, 2.45) is 0 Å². The van der Waals surface area contributed by atoms with Crippen molar-refractivity contribution >= 4 is 38.4 Å². The van der Waals surface area contributed by atoms with Crippen LogP contribution in [0.1, 0.15) is 32.6 Å². The number of sulfonamides is 1. The van der Waals surface area contributed by atoms with Crippen LogP contribution in [0.2, 0.25) is 0 Å². The van der Waals surface area contributed by atoms with Gasteiger partial charge < -0.3 is 15.2 Å². The number of nitrogens with one attached hydrogen (secondary N) is 2. The molecular formula is C15H17N3O6S2. The van der Waals surface area contributed by atoms with Crippen LogP contribution >= 0.6 is 11.3 Å². The van der Waals surface area contributed by atoms with Crippen LogP contribution in [0.5, 0.6) is 5.75 Å². The summed E-state index contributed by atoms with van der Waals surface area (Å²) >= 11 is 0.700. The molecule has 1 aromatic carbocycles. The fourth-order valence-electron chi connectivity index (χ4n) is 2.10. The Morgan fingerprint density at radius 1 is 1.35 bits per heavy atom. The maximum Gasteiger partial charge on any atom is 0.347 e. The van der Waals surface area contributed by atoms with Gasteiger partial charge in [0.05, 0.1) is 12.8 Å². The molecule has 2 rings (SSSR count). The first-order chi connectivity index (χ1) is 12.2. The number of anilines is 1. The summed E-state index contributed by atoms with van der Waals surface area (Å²) in [6.07, 6.45) is 0. The molecule has 3 N–H and O–H groups in total. The Kier molecular flexibility index (Phi) is 5.83. The van der Waals surface area contributed by atoms with Crippen molar-refractivity contribution < 1.29 is 27.9 Å². The van der Waals surface area contributed by atoms with E-state index in [1.165, 1.54) is 32.2 Å². The molecule has 2 aromatic rings. The van der Waals surface area contributed by atoms with Gasteiger partial charge in [-0.15, -0.1) is 0 Å². The number of ether oxygens (including phenoxy) is 1. The number of aromatic nitrogens is 1. The second-order valence-electron chi connectivity index (χ2n) is 5.07. The zero-order valence-corrected chi connectivity index (χ0v) is 15.8. The normalized spacial score (nSPS) is 11.0. The number of aromatic carboxylic acids is 1. The van der Waals surface area contributed by atoms with Gasteiger partial charge in [0.25, 0.3) is 15.9 Å². The number of aryl methyl sites for hydroxylation is 1. The standard InChI is InChI=1S/C15H17N3O6S2/c1-4-16-13(19)9-5-6-10(24-3)11(7-9)26(22,23)18-15-17-8(2)12(25-15)14(20)21/h5-7H,4H2,1-3H3,(H,16,19)(H,17,18)(H,20,21). The smallest absolute Gasteiger partial charge is 0.347 e. The van der Waals surface area contributed by atoms with E-state index in [0.717, 1.165) is 0 Å². The molecule has 0 bridgehead atoms. The lowest BCUT2D eigenvalue weighted by Gasteiger charge is -2.11. The quantitative estimate of drug-likeness (QED) is 0.645. The molecule has 1 aromatic heterocycles. The van der Waals surface area contributed by atoms with Crippen molar-refractivity contribution in [3.63, 3.8) is 0 Å². The van der Waals surface area contributed by atoms with Crippen molar-refractivity contribution in [3.8, 4) is 5.75 Å². The first-order valence-electron chi connectivity index (χ1n) is 7.39. The molecule has 0 saturated carbocycles. The van der Waals surface area contributed by atoms with Crippen molar-refractivity contribution in [3.05, 3.63) is 34.3 Å². The molecule has 1 amide bonds. The number of thiazole rings is 1. The monoisotopic (exact) mass is 399 g/mol. The SMILES string of the molecule is CCNC(=O)c1ccc(OC)c(S(=O)(=O)Nc2nc(C)c(C(=O)O)s2)c1. The topological polar surface area (TPSA) is 135 Å². The minimum Gasteiger partial charge on any atom is -0.495 e. The van der Waals surface area contributed by atoms with Crippen LogP contribution in [-0.4, -0.2) is 44.0 Å². The summed E-state index contributed by atoms with van der Waals surface area (Å²) in [4.78, 5) is 26.6. The molecule has 140 valence electrons. The average Bonchev–Trinajstić information content (AvgIpc) is 2.94. The van der Waals surface area contributed by atoms with Crippen LogP contribution in [0.4, 0.5) is 5.13 Å². The number of hydrogen-bond acceptors (Lipinski definition) is 7. The minimum absolute atomic E-state index is 0.0392.